The summed E-state index contributed by atoms with van der Waals surface area (Å²) in [6, 6.07) is 7.83. The van der Waals surface area contributed by atoms with Crippen LogP contribution in [0.3, 0.4) is 0 Å². The molecule has 0 aliphatic rings. The van der Waals surface area contributed by atoms with E-state index < -0.39 is 12.1 Å². The molecule has 9 nitrogen and oxygen atoms in total. The number of imidazole rings is 1. The van der Waals surface area contributed by atoms with Gasteiger partial charge in [0.05, 0.1) is 5.52 Å². The van der Waals surface area contributed by atoms with E-state index in [4.69, 9.17) is 14.6 Å². The molecule has 3 aromatic heterocycles. The van der Waals surface area contributed by atoms with E-state index in [-0.39, 0.29) is 5.91 Å². The molecule has 0 aromatic carbocycles. The zero-order valence-corrected chi connectivity index (χ0v) is 19.2. The van der Waals surface area contributed by atoms with Gasteiger partial charge in [0.2, 0.25) is 0 Å². The molecule has 3 aromatic rings. The van der Waals surface area contributed by atoms with Crippen molar-refractivity contribution in [2.45, 2.75) is 19.1 Å². The first kappa shape index (κ1) is 26.9. The van der Waals surface area contributed by atoms with Crippen LogP contribution in [0.2, 0.25) is 0 Å². The van der Waals surface area contributed by atoms with E-state index in [1.807, 2.05) is 41.1 Å². The first-order valence-corrected chi connectivity index (χ1v) is 10.4. The van der Waals surface area contributed by atoms with Crippen molar-refractivity contribution in [1.82, 2.24) is 24.2 Å². The fourth-order valence-corrected chi connectivity index (χ4v) is 2.94. The Morgan fingerprint density at radius 1 is 1.21 bits per heavy atom. The molecule has 0 atom stereocenters. The number of nitrogens with one attached hydrogen (secondary N) is 1. The van der Waals surface area contributed by atoms with Gasteiger partial charge in [-0.05, 0) is 38.7 Å². The molecule has 186 valence electrons. The minimum absolute atomic E-state index is 0.159. The average Bonchev–Trinajstić information content (AvgIpc) is 3.39. The predicted molar refractivity (Wildman–Crippen MR) is 120 cm³/mol. The molecule has 2 N–H and O–H groups in total. The largest absolute Gasteiger partial charge is 0.490 e. The Balaban J connectivity index is 0.000000509. The zero-order chi connectivity index (χ0) is 25.3. The first-order chi connectivity index (χ1) is 16.0. The third-order valence-corrected chi connectivity index (χ3v) is 4.63. The highest BCUT2D eigenvalue weighted by molar-refractivity contribution is 6.00. The third kappa shape index (κ3) is 7.59. The summed E-state index contributed by atoms with van der Waals surface area (Å²) in [4.78, 5) is 28.3. The number of rotatable bonds is 9. The molecule has 3 rings (SSSR count). The van der Waals surface area contributed by atoms with Crippen molar-refractivity contribution in [2.75, 3.05) is 40.9 Å². The summed E-state index contributed by atoms with van der Waals surface area (Å²) < 4.78 is 40.9. The number of nitrogens with zero attached hydrogens (tertiary/aromatic N) is 4. The van der Waals surface area contributed by atoms with Crippen LogP contribution < -0.4 is 5.32 Å². The number of methoxy groups -OCH3 is 1. The maximum atomic E-state index is 12.6. The lowest BCUT2D eigenvalue weighted by atomic mass is 10.3. The van der Waals surface area contributed by atoms with Gasteiger partial charge in [0, 0.05) is 57.5 Å². The molecular formula is C22H28F3N5O4. The van der Waals surface area contributed by atoms with Crippen molar-refractivity contribution in [3.8, 4) is 11.4 Å². The molecule has 0 unspecified atom stereocenters. The van der Waals surface area contributed by atoms with Gasteiger partial charge in [-0.1, -0.05) is 6.07 Å². The van der Waals surface area contributed by atoms with Crippen LogP contribution in [0.4, 0.5) is 13.2 Å². The molecular weight excluding hydrogens is 455 g/mol. The van der Waals surface area contributed by atoms with Crippen molar-refractivity contribution < 1.29 is 32.6 Å². The number of carbonyl (C=O) groups excluding carboxylic acids is 1. The number of ether oxygens (including phenoxy) is 1. The molecule has 12 heteroatoms. The third-order valence-electron chi connectivity index (χ3n) is 4.63. The second kappa shape index (κ2) is 12.2. The minimum atomic E-state index is -5.08. The van der Waals surface area contributed by atoms with Crippen molar-refractivity contribution in [3.63, 3.8) is 0 Å². The van der Waals surface area contributed by atoms with E-state index in [1.54, 1.807) is 7.11 Å². The van der Waals surface area contributed by atoms with Gasteiger partial charge in [0.25, 0.3) is 5.91 Å². The Kier molecular flexibility index (Phi) is 9.63. The van der Waals surface area contributed by atoms with Crippen molar-refractivity contribution in [1.29, 1.82) is 0 Å². The summed E-state index contributed by atoms with van der Waals surface area (Å²) in [6.45, 7) is 3.05. The van der Waals surface area contributed by atoms with Gasteiger partial charge < -0.3 is 24.6 Å². The molecule has 0 saturated carbocycles. The van der Waals surface area contributed by atoms with Crippen LogP contribution >= 0.6 is 0 Å². The Labute approximate surface area is 194 Å². The molecule has 0 aliphatic heterocycles. The van der Waals surface area contributed by atoms with Crippen LogP contribution in [-0.4, -0.2) is 82.9 Å². The number of carboxylic acids is 1. The highest BCUT2D eigenvalue weighted by atomic mass is 19.4. The van der Waals surface area contributed by atoms with E-state index >= 15 is 0 Å². The number of pyridine rings is 1. The zero-order valence-electron chi connectivity index (χ0n) is 19.2. The maximum Gasteiger partial charge on any atom is 0.490 e. The molecule has 0 aliphatic carbocycles. The normalized spacial score (nSPS) is 11.4. The summed E-state index contributed by atoms with van der Waals surface area (Å²) in [7, 11) is 5.77. The number of carboxylic acid groups (broad SMARTS) is 1. The summed E-state index contributed by atoms with van der Waals surface area (Å²) in [6.07, 6.45) is 1.75. The lowest BCUT2D eigenvalue weighted by molar-refractivity contribution is -0.192. The number of fused-ring (bicyclic) bond motifs is 1. The number of likely N-dealkylation sites (N-methyl/N-ethyl adjacent to an activating group) is 1. The van der Waals surface area contributed by atoms with Crippen LogP contribution in [0.25, 0.3) is 16.9 Å². The topological polar surface area (TPSA) is 101 Å². The van der Waals surface area contributed by atoms with E-state index in [2.05, 4.69) is 40.1 Å². The quantitative estimate of drug-likeness (QED) is 0.454. The molecule has 3 heterocycles. The number of aromatic nitrogens is 3. The molecule has 0 spiro atoms. The molecule has 34 heavy (non-hydrogen) atoms. The minimum Gasteiger partial charge on any atom is -0.475 e. The number of carbonyl (C=O) groups is 2. The van der Waals surface area contributed by atoms with Crippen molar-refractivity contribution >= 4 is 17.4 Å². The van der Waals surface area contributed by atoms with Gasteiger partial charge in [-0.15, -0.1) is 0 Å². The maximum absolute atomic E-state index is 12.6. The van der Waals surface area contributed by atoms with E-state index in [9.17, 15) is 18.0 Å². The van der Waals surface area contributed by atoms with Gasteiger partial charge in [-0.3, -0.25) is 9.20 Å². The smallest absolute Gasteiger partial charge is 0.475 e. The second-order valence-electron chi connectivity index (χ2n) is 7.59. The van der Waals surface area contributed by atoms with E-state index in [0.717, 1.165) is 36.4 Å². The van der Waals surface area contributed by atoms with Crippen LogP contribution in [0.15, 0.2) is 42.9 Å². The van der Waals surface area contributed by atoms with Crippen LogP contribution in [0, 0.1) is 0 Å². The summed E-state index contributed by atoms with van der Waals surface area (Å²) in [5, 5.41) is 10.0. The van der Waals surface area contributed by atoms with E-state index in [0.29, 0.717) is 18.8 Å². The molecule has 0 bridgehead atoms. The lowest BCUT2D eigenvalue weighted by Crippen LogP contribution is -2.25. The van der Waals surface area contributed by atoms with Gasteiger partial charge in [0.15, 0.2) is 5.69 Å². The average molecular weight is 483 g/mol. The fraction of sp³-hybridized carbons (Fsp3) is 0.409. The monoisotopic (exact) mass is 483 g/mol. The van der Waals surface area contributed by atoms with Gasteiger partial charge in [-0.25, -0.2) is 9.78 Å². The van der Waals surface area contributed by atoms with Crippen molar-refractivity contribution in [2.24, 2.45) is 0 Å². The van der Waals surface area contributed by atoms with Crippen molar-refractivity contribution in [3.05, 3.63) is 48.5 Å². The Morgan fingerprint density at radius 2 is 1.91 bits per heavy atom. The number of hydrogen-bond donors (Lipinski definition) is 2. The lowest BCUT2D eigenvalue weighted by Gasteiger charge is -2.09. The number of aliphatic carboxylic acids is 1. The number of amides is 1. The standard InChI is InChI=1S/C20H27N5O2.C2HF3O2/c1-23(2)12-13-24-11-8-16(15-24)19-22-18(17-7-4-5-10-25(17)19)20(26)21-9-6-14-27-3;3-2(4,5)1(6)7/h4-5,7-8,10-11,15H,6,9,12-14H2,1-3H3,(H,21,26);(H,6,7). The number of alkyl halides is 3. The van der Waals surface area contributed by atoms with Crippen LogP contribution in [0.5, 0.6) is 0 Å². The molecule has 1 amide bonds. The Bertz CT molecular complexity index is 1090. The molecule has 0 radical (unpaired) electrons. The SMILES string of the molecule is COCCCNC(=O)c1nc(-c2ccn(CCN(C)C)c2)n2ccccc12.O=C(O)C(F)(F)F. The number of hydrogen-bond acceptors (Lipinski definition) is 5. The fourth-order valence-electron chi connectivity index (χ4n) is 2.94. The van der Waals surface area contributed by atoms with Gasteiger partial charge in [-0.2, -0.15) is 13.2 Å². The molecule has 0 fully saturated rings. The predicted octanol–water partition coefficient (Wildman–Crippen LogP) is 2.76. The van der Waals surface area contributed by atoms with Gasteiger partial charge in [0.1, 0.15) is 5.82 Å². The summed E-state index contributed by atoms with van der Waals surface area (Å²) >= 11 is 0. The Hall–Kier alpha value is -3.38. The highest BCUT2D eigenvalue weighted by Crippen LogP contribution is 2.23. The Morgan fingerprint density at radius 3 is 2.53 bits per heavy atom. The van der Waals surface area contributed by atoms with Crippen LogP contribution in [0.1, 0.15) is 16.9 Å². The second-order valence-corrected chi connectivity index (χ2v) is 7.59. The summed E-state index contributed by atoms with van der Waals surface area (Å²) in [5.41, 5.74) is 2.25. The highest BCUT2D eigenvalue weighted by Gasteiger charge is 2.38. The van der Waals surface area contributed by atoms with Gasteiger partial charge >= 0.3 is 12.1 Å². The molecule has 0 saturated heterocycles. The van der Waals surface area contributed by atoms with E-state index in [1.165, 1.54) is 0 Å². The van der Waals surface area contributed by atoms with Crippen LogP contribution in [-0.2, 0) is 16.1 Å². The number of halogens is 3. The first-order valence-electron chi connectivity index (χ1n) is 10.4. The summed E-state index contributed by atoms with van der Waals surface area (Å²) in [5.74, 6) is -2.14.